The van der Waals surface area contributed by atoms with Crippen LogP contribution in [-0.2, 0) is 22.6 Å². The van der Waals surface area contributed by atoms with Gasteiger partial charge in [-0.2, -0.15) is 0 Å². The molecule has 0 saturated carbocycles. The summed E-state index contributed by atoms with van der Waals surface area (Å²) in [6.45, 7) is 2.04. The Morgan fingerprint density at radius 3 is 2.79 bits per heavy atom. The summed E-state index contributed by atoms with van der Waals surface area (Å²) in [6.07, 6.45) is 2.37. The van der Waals surface area contributed by atoms with Gasteiger partial charge >= 0.3 is 5.97 Å². The summed E-state index contributed by atoms with van der Waals surface area (Å²) in [5.41, 5.74) is 6.30. The highest BCUT2D eigenvalue weighted by molar-refractivity contribution is 5.79. The van der Waals surface area contributed by atoms with Crippen LogP contribution in [0.15, 0.2) is 42.5 Å². The highest BCUT2D eigenvalue weighted by atomic mass is 16.5. The van der Waals surface area contributed by atoms with Gasteiger partial charge in [-0.15, -0.1) is 0 Å². The molecule has 0 atom stereocenters. The van der Waals surface area contributed by atoms with E-state index in [1.807, 2.05) is 12.1 Å². The minimum Gasteiger partial charge on any atom is -0.461 e. The maximum Gasteiger partial charge on any atom is 0.309 e. The summed E-state index contributed by atoms with van der Waals surface area (Å²) in [7, 11) is 0. The predicted molar refractivity (Wildman–Crippen MR) is 74.5 cm³/mol. The lowest BCUT2D eigenvalue weighted by atomic mass is 10.0. The van der Waals surface area contributed by atoms with E-state index in [2.05, 4.69) is 30.3 Å². The van der Waals surface area contributed by atoms with Gasteiger partial charge in [0.25, 0.3) is 0 Å². The molecule has 0 saturated heterocycles. The zero-order valence-electron chi connectivity index (χ0n) is 10.8. The minimum atomic E-state index is -0.270. The van der Waals surface area contributed by atoms with Crippen LogP contribution in [0.1, 0.15) is 23.6 Å². The lowest BCUT2D eigenvalue weighted by Gasteiger charge is -2.08. The molecule has 0 spiro atoms. The van der Waals surface area contributed by atoms with Gasteiger partial charge in [0.05, 0.1) is 6.42 Å². The van der Waals surface area contributed by atoms with Crippen LogP contribution in [0.25, 0.3) is 11.1 Å². The van der Waals surface area contributed by atoms with Gasteiger partial charge in [-0.05, 0) is 34.2 Å². The standard InChI is InChI=1S/C17H15O2/c1-2-17(18)19-11-13-7-5-9-15-14-8-4-3-6-12(14)10-16(13)15/h2-9H,10-11H2,1H3. The van der Waals surface area contributed by atoms with Crippen molar-refractivity contribution in [2.45, 2.75) is 20.0 Å². The molecule has 1 aliphatic carbocycles. The van der Waals surface area contributed by atoms with E-state index in [0.29, 0.717) is 6.61 Å². The minimum absolute atomic E-state index is 0.270. The summed E-state index contributed by atoms with van der Waals surface area (Å²) < 4.78 is 5.21. The Kier molecular flexibility index (Phi) is 3.08. The van der Waals surface area contributed by atoms with E-state index in [0.717, 1.165) is 12.0 Å². The molecule has 0 N–H and O–H groups in total. The van der Waals surface area contributed by atoms with Crippen LogP contribution in [0.2, 0.25) is 0 Å². The SMILES string of the molecule is C[CH]C(=O)OCc1cccc2c1Cc1ccccc1-2. The van der Waals surface area contributed by atoms with Crippen molar-refractivity contribution in [3.63, 3.8) is 0 Å². The molecule has 2 heteroatoms. The van der Waals surface area contributed by atoms with Crippen LogP contribution in [-0.4, -0.2) is 5.97 Å². The number of ether oxygens (including phenoxy) is 1. The Balaban J connectivity index is 1.92. The Morgan fingerprint density at radius 2 is 1.95 bits per heavy atom. The lowest BCUT2D eigenvalue weighted by Crippen LogP contribution is -2.04. The molecule has 19 heavy (non-hydrogen) atoms. The largest absolute Gasteiger partial charge is 0.461 e. The Labute approximate surface area is 113 Å². The van der Waals surface area contributed by atoms with Crippen molar-refractivity contribution in [2.75, 3.05) is 0 Å². The second-order valence-corrected chi connectivity index (χ2v) is 4.67. The molecule has 2 nitrogen and oxygen atoms in total. The predicted octanol–water partition coefficient (Wildman–Crippen LogP) is 3.53. The van der Waals surface area contributed by atoms with Crippen molar-refractivity contribution in [3.8, 4) is 11.1 Å². The fourth-order valence-electron chi connectivity index (χ4n) is 2.59. The quantitative estimate of drug-likeness (QED) is 0.666. The lowest BCUT2D eigenvalue weighted by molar-refractivity contribution is -0.140. The summed E-state index contributed by atoms with van der Waals surface area (Å²) in [5, 5.41) is 0. The maximum atomic E-state index is 11.2. The Bertz CT molecular complexity index is 629. The van der Waals surface area contributed by atoms with Crippen LogP contribution in [0.4, 0.5) is 0 Å². The molecule has 2 aromatic carbocycles. The van der Waals surface area contributed by atoms with Gasteiger partial charge in [-0.3, -0.25) is 4.79 Å². The van der Waals surface area contributed by atoms with E-state index in [1.165, 1.54) is 28.7 Å². The van der Waals surface area contributed by atoms with Crippen LogP contribution in [0.5, 0.6) is 0 Å². The topological polar surface area (TPSA) is 26.3 Å². The van der Waals surface area contributed by atoms with Crippen LogP contribution in [0.3, 0.4) is 0 Å². The highest BCUT2D eigenvalue weighted by Gasteiger charge is 2.20. The van der Waals surface area contributed by atoms with Crippen molar-refractivity contribution in [1.82, 2.24) is 0 Å². The van der Waals surface area contributed by atoms with E-state index in [9.17, 15) is 4.79 Å². The maximum absolute atomic E-state index is 11.2. The van der Waals surface area contributed by atoms with Gasteiger partial charge in [0, 0.05) is 0 Å². The molecule has 0 unspecified atom stereocenters. The summed E-state index contributed by atoms with van der Waals surface area (Å²) in [5.74, 6) is -0.270. The Morgan fingerprint density at radius 1 is 1.16 bits per heavy atom. The molecule has 0 fully saturated rings. The molecule has 3 rings (SSSR count). The van der Waals surface area contributed by atoms with Crippen LogP contribution >= 0.6 is 0 Å². The van der Waals surface area contributed by atoms with E-state index in [4.69, 9.17) is 4.74 Å². The second-order valence-electron chi connectivity index (χ2n) is 4.67. The molecule has 0 aliphatic heterocycles. The van der Waals surface area contributed by atoms with Gasteiger partial charge in [0.2, 0.25) is 0 Å². The van der Waals surface area contributed by atoms with Crippen molar-refractivity contribution in [1.29, 1.82) is 0 Å². The average Bonchev–Trinajstić information content (AvgIpc) is 2.84. The van der Waals surface area contributed by atoms with Gasteiger partial charge in [-0.1, -0.05) is 49.4 Å². The molecule has 95 valence electrons. The molecule has 0 amide bonds. The molecular formula is C17H15O2. The monoisotopic (exact) mass is 251 g/mol. The first-order valence-electron chi connectivity index (χ1n) is 6.44. The summed E-state index contributed by atoms with van der Waals surface area (Å²) in [4.78, 5) is 11.2. The van der Waals surface area contributed by atoms with E-state index in [1.54, 1.807) is 6.92 Å². The normalized spacial score (nSPS) is 11.8. The van der Waals surface area contributed by atoms with E-state index >= 15 is 0 Å². The summed E-state index contributed by atoms with van der Waals surface area (Å²) >= 11 is 0. The third kappa shape index (κ3) is 2.14. The zero-order valence-corrected chi connectivity index (χ0v) is 10.8. The number of esters is 1. The van der Waals surface area contributed by atoms with Crippen molar-refractivity contribution < 1.29 is 9.53 Å². The van der Waals surface area contributed by atoms with Gasteiger partial charge in [-0.25, -0.2) is 0 Å². The first kappa shape index (κ1) is 12.0. The van der Waals surface area contributed by atoms with Crippen LogP contribution < -0.4 is 0 Å². The number of hydrogen-bond donors (Lipinski definition) is 0. The van der Waals surface area contributed by atoms with Gasteiger partial charge in [0.1, 0.15) is 6.61 Å². The molecule has 1 aliphatic rings. The highest BCUT2D eigenvalue weighted by Crippen LogP contribution is 2.38. The number of hydrogen-bond acceptors (Lipinski definition) is 2. The molecule has 2 aromatic rings. The zero-order chi connectivity index (χ0) is 13.2. The first-order valence-corrected chi connectivity index (χ1v) is 6.44. The molecule has 1 radical (unpaired) electrons. The van der Waals surface area contributed by atoms with Gasteiger partial charge < -0.3 is 4.74 Å². The number of fused-ring (bicyclic) bond motifs is 3. The first-order chi connectivity index (χ1) is 9.29. The average molecular weight is 251 g/mol. The number of rotatable bonds is 3. The molecule has 0 heterocycles. The molecule has 0 aromatic heterocycles. The molecule has 0 bridgehead atoms. The van der Waals surface area contributed by atoms with Crippen molar-refractivity contribution in [3.05, 3.63) is 65.6 Å². The van der Waals surface area contributed by atoms with Gasteiger partial charge in [0.15, 0.2) is 0 Å². The fourth-order valence-corrected chi connectivity index (χ4v) is 2.59. The smallest absolute Gasteiger partial charge is 0.309 e. The third-order valence-corrected chi connectivity index (χ3v) is 3.55. The number of benzene rings is 2. The number of carbonyl (C=O) groups is 1. The summed E-state index contributed by atoms with van der Waals surface area (Å²) in [6, 6.07) is 14.6. The third-order valence-electron chi connectivity index (χ3n) is 3.55. The van der Waals surface area contributed by atoms with E-state index in [-0.39, 0.29) is 5.97 Å². The molecular weight excluding hydrogens is 236 g/mol. The van der Waals surface area contributed by atoms with Crippen molar-refractivity contribution >= 4 is 5.97 Å². The van der Waals surface area contributed by atoms with E-state index < -0.39 is 0 Å². The fraction of sp³-hybridized carbons (Fsp3) is 0.176. The Hall–Kier alpha value is -2.09. The second kappa shape index (κ2) is 4.88. The number of carbonyl (C=O) groups excluding carboxylic acids is 1. The van der Waals surface area contributed by atoms with Crippen molar-refractivity contribution in [2.24, 2.45) is 0 Å². The van der Waals surface area contributed by atoms with Crippen LogP contribution in [0, 0.1) is 6.42 Å².